The Morgan fingerprint density at radius 1 is 1.30 bits per heavy atom. The van der Waals surface area contributed by atoms with Crippen LogP contribution in [-0.2, 0) is 13.0 Å². The predicted octanol–water partition coefficient (Wildman–Crippen LogP) is 2.13. The van der Waals surface area contributed by atoms with Gasteiger partial charge in [-0.15, -0.1) is 0 Å². The van der Waals surface area contributed by atoms with Crippen molar-refractivity contribution in [2.75, 3.05) is 19.6 Å². The number of hydrogen-bond donors (Lipinski definition) is 2. The molecule has 2 N–H and O–H groups in total. The maximum atomic E-state index is 13.6. The van der Waals surface area contributed by atoms with Crippen molar-refractivity contribution in [3.8, 4) is 0 Å². The van der Waals surface area contributed by atoms with Crippen LogP contribution in [-0.4, -0.2) is 35.4 Å². The zero-order valence-corrected chi connectivity index (χ0v) is 13.7. The van der Waals surface area contributed by atoms with Crippen molar-refractivity contribution in [3.63, 3.8) is 0 Å². The van der Waals surface area contributed by atoms with Crippen LogP contribution >= 0.6 is 0 Å². The smallest absolute Gasteiger partial charge is 0.191 e. The maximum Gasteiger partial charge on any atom is 0.191 e. The Hall–Kier alpha value is -2.37. The van der Waals surface area contributed by atoms with Crippen LogP contribution in [0.1, 0.15) is 18.1 Å². The Kier molecular flexibility index (Phi) is 6.59. The van der Waals surface area contributed by atoms with Gasteiger partial charge in [-0.25, -0.2) is 4.39 Å². The lowest BCUT2D eigenvalue weighted by molar-refractivity contribution is 0.596. The fourth-order valence-corrected chi connectivity index (χ4v) is 2.21. The third kappa shape index (κ3) is 5.73. The van der Waals surface area contributed by atoms with Gasteiger partial charge in [0.25, 0.3) is 0 Å². The average molecular weight is 317 g/mol. The van der Waals surface area contributed by atoms with Crippen LogP contribution in [0.2, 0.25) is 0 Å². The van der Waals surface area contributed by atoms with Crippen molar-refractivity contribution in [3.05, 3.63) is 53.6 Å². The second-order valence-electron chi connectivity index (χ2n) is 5.31. The molecule has 1 aromatic carbocycles. The van der Waals surface area contributed by atoms with Crippen molar-refractivity contribution in [2.45, 2.75) is 26.8 Å². The highest BCUT2D eigenvalue weighted by Gasteiger charge is 2.01. The van der Waals surface area contributed by atoms with Gasteiger partial charge >= 0.3 is 0 Å². The molecule has 124 valence electrons. The van der Waals surface area contributed by atoms with E-state index in [4.69, 9.17) is 0 Å². The average Bonchev–Trinajstić information content (AvgIpc) is 2.94. The number of guanidine groups is 1. The minimum atomic E-state index is -0.172. The van der Waals surface area contributed by atoms with E-state index >= 15 is 0 Å². The van der Waals surface area contributed by atoms with Gasteiger partial charge in [0.15, 0.2) is 5.96 Å². The molecule has 0 amide bonds. The second kappa shape index (κ2) is 8.92. The molecule has 2 aromatic rings. The Labute approximate surface area is 136 Å². The first-order chi connectivity index (χ1) is 11.2. The number of nitrogens with one attached hydrogen (secondary N) is 2. The Morgan fingerprint density at radius 3 is 2.83 bits per heavy atom. The molecule has 0 saturated heterocycles. The normalized spacial score (nSPS) is 11.5. The van der Waals surface area contributed by atoms with Gasteiger partial charge in [-0.3, -0.25) is 9.67 Å². The van der Waals surface area contributed by atoms with Crippen LogP contribution in [0.25, 0.3) is 0 Å². The molecule has 1 heterocycles. The zero-order valence-electron chi connectivity index (χ0n) is 13.7. The summed E-state index contributed by atoms with van der Waals surface area (Å²) in [7, 11) is 0. The number of aryl methyl sites for hydroxylation is 1. The maximum absolute atomic E-state index is 13.6. The van der Waals surface area contributed by atoms with E-state index in [1.54, 1.807) is 12.1 Å². The third-order valence-corrected chi connectivity index (χ3v) is 3.35. The summed E-state index contributed by atoms with van der Waals surface area (Å²) >= 11 is 0. The topological polar surface area (TPSA) is 54.2 Å². The highest BCUT2D eigenvalue weighted by Crippen LogP contribution is 2.06. The fourth-order valence-electron chi connectivity index (χ4n) is 2.21. The van der Waals surface area contributed by atoms with Crippen molar-refractivity contribution < 1.29 is 4.39 Å². The van der Waals surface area contributed by atoms with Gasteiger partial charge in [-0.05, 0) is 37.5 Å². The number of benzene rings is 1. The highest BCUT2D eigenvalue weighted by molar-refractivity contribution is 5.79. The van der Waals surface area contributed by atoms with E-state index in [1.165, 1.54) is 6.07 Å². The minimum absolute atomic E-state index is 0.172. The van der Waals surface area contributed by atoms with Crippen LogP contribution in [0.3, 0.4) is 0 Å². The summed E-state index contributed by atoms with van der Waals surface area (Å²) in [5.74, 6) is 0.572. The molecule has 0 bridgehead atoms. The Morgan fingerprint density at radius 2 is 2.13 bits per heavy atom. The van der Waals surface area contributed by atoms with Crippen LogP contribution < -0.4 is 10.6 Å². The number of halogens is 1. The lowest BCUT2D eigenvalue weighted by Gasteiger charge is -2.11. The third-order valence-electron chi connectivity index (χ3n) is 3.35. The number of hydrogen-bond acceptors (Lipinski definition) is 2. The molecule has 1 aromatic heterocycles. The molecule has 0 unspecified atom stereocenters. The Bertz CT molecular complexity index is 635. The summed E-state index contributed by atoms with van der Waals surface area (Å²) in [6.07, 6.45) is 4.43. The first-order valence-corrected chi connectivity index (χ1v) is 7.93. The van der Waals surface area contributed by atoms with E-state index in [0.29, 0.717) is 18.5 Å². The SMILES string of the molecule is CCNC(=NCCc1ccccc1F)NCCn1cc(C)cn1. The van der Waals surface area contributed by atoms with Gasteiger partial charge in [0.1, 0.15) is 5.82 Å². The molecule has 0 spiro atoms. The lowest BCUT2D eigenvalue weighted by atomic mass is 10.1. The highest BCUT2D eigenvalue weighted by atomic mass is 19.1. The summed E-state index contributed by atoms with van der Waals surface area (Å²) in [5, 5.41) is 10.7. The monoisotopic (exact) mass is 317 g/mol. The van der Waals surface area contributed by atoms with Crippen LogP contribution in [0.15, 0.2) is 41.7 Å². The quantitative estimate of drug-likeness (QED) is 0.607. The molecular formula is C17H24FN5. The van der Waals surface area contributed by atoms with Gasteiger partial charge < -0.3 is 10.6 Å². The lowest BCUT2D eigenvalue weighted by Crippen LogP contribution is -2.39. The summed E-state index contributed by atoms with van der Waals surface area (Å²) in [6.45, 7) is 6.86. The standard InChI is InChI=1S/C17H24FN5/c1-3-19-17(21-10-11-23-13-14(2)12-22-23)20-9-8-15-6-4-5-7-16(15)18/h4-7,12-13H,3,8-11H2,1-2H3,(H2,19,20,21). The molecule has 5 nitrogen and oxygen atoms in total. The number of aromatic nitrogens is 2. The molecule has 0 radical (unpaired) electrons. The van der Waals surface area contributed by atoms with Gasteiger partial charge in [-0.2, -0.15) is 5.10 Å². The van der Waals surface area contributed by atoms with Crippen LogP contribution in [0.5, 0.6) is 0 Å². The van der Waals surface area contributed by atoms with E-state index < -0.39 is 0 Å². The van der Waals surface area contributed by atoms with E-state index in [-0.39, 0.29) is 5.82 Å². The zero-order chi connectivity index (χ0) is 16.5. The molecule has 0 atom stereocenters. The van der Waals surface area contributed by atoms with E-state index in [9.17, 15) is 4.39 Å². The van der Waals surface area contributed by atoms with Crippen molar-refractivity contribution in [2.24, 2.45) is 4.99 Å². The van der Waals surface area contributed by atoms with Crippen LogP contribution in [0.4, 0.5) is 4.39 Å². The summed E-state index contributed by atoms with van der Waals surface area (Å²) < 4.78 is 15.5. The largest absolute Gasteiger partial charge is 0.357 e. The number of aliphatic imine (C=N–C) groups is 1. The summed E-state index contributed by atoms with van der Waals surface area (Å²) in [5.41, 5.74) is 1.84. The first kappa shape index (κ1) is 17.0. The first-order valence-electron chi connectivity index (χ1n) is 7.93. The molecule has 23 heavy (non-hydrogen) atoms. The molecule has 6 heteroatoms. The number of rotatable bonds is 7. The molecule has 0 aliphatic rings. The number of nitrogens with zero attached hydrogens (tertiary/aromatic N) is 3. The van der Waals surface area contributed by atoms with E-state index in [0.717, 1.165) is 31.2 Å². The van der Waals surface area contributed by atoms with Crippen molar-refractivity contribution >= 4 is 5.96 Å². The Balaban J connectivity index is 1.81. The van der Waals surface area contributed by atoms with Gasteiger partial charge in [0.05, 0.1) is 12.7 Å². The van der Waals surface area contributed by atoms with Crippen LogP contribution in [0, 0.1) is 12.7 Å². The summed E-state index contributed by atoms with van der Waals surface area (Å²) in [6, 6.07) is 6.82. The van der Waals surface area contributed by atoms with Gasteiger partial charge in [-0.1, -0.05) is 18.2 Å². The molecular weight excluding hydrogens is 293 g/mol. The predicted molar refractivity (Wildman–Crippen MR) is 91.0 cm³/mol. The second-order valence-corrected chi connectivity index (χ2v) is 5.31. The molecule has 0 fully saturated rings. The van der Waals surface area contributed by atoms with Gasteiger partial charge in [0.2, 0.25) is 0 Å². The van der Waals surface area contributed by atoms with E-state index in [2.05, 4.69) is 20.7 Å². The molecule has 0 aliphatic carbocycles. The van der Waals surface area contributed by atoms with Crippen molar-refractivity contribution in [1.82, 2.24) is 20.4 Å². The summed E-state index contributed by atoms with van der Waals surface area (Å²) in [4.78, 5) is 4.48. The molecule has 0 aliphatic heterocycles. The minimum Gasteiger partial charge on any atom is -0.357 e. The fraction of sp³-hybridized carbons (Fsp3) is 0.412. The van der Waals surface area contributed by atoms with Crippen molar-refractivity contribution in [1.29, 1.82) is 0 Å². The van der Waals surface area contributed by atoms with E-state index in [1.807, 2.05) is 37.0 Å². The van der Waals surface area contributed by atoms with Gasteiger partial charge in [0, 0.05) is 25.8 Å². The molecule has 2 rings (SSSR count). The molecule has 0 saturated carbocycles.